The molecule has 4 amide bonds. The molecule has 2 aromatic heterocycles. The molecule has 0 aliphatic carbocycles. The number of amides is 4. The van der Waals surface area contributed by atoms with Crippen LogP contribution in [0.5, 0.6) is 0 Å². The van der Waals surface area contributed by atoms with Crippen molar-refractivity contribution in [1.82, 2.24) is 40.8 Å². The maximum absolute atomic E-state index is 13.5. The summed E-state index contributed by atoms with van der Waals surface area (Å²) in [5.41, 5.74) is 6.15. The summed E-state index contributed by atoms with van der Waals surface area (Å²) in [4.78, 5) is 66.2. The Bertz CT molecular complexity index is 2020. The molecular weight excluding hydrogens is 725 g/mol. The van der Waals surface area contributed by atoms with Gasteiger partial charge in [0.2, 0.25) is 11.8 Å². The average Bonchev–Trinajstić information content (AvgIpc) is 4.00. The predicted octanol–water partition coefficient (Wildman–Crippen LogP) is 6.80. The fourth-order valence-electron chi connectivity index (χ4n) is 5.83. The highest BCUT2D eigenvalue weighted by atomic mass is 16.5. The predicted molar refractivity (Wildman–Crippen MR) is 222 cm³/mol. The number of imidazole rings is 2. The van der Waals surface area contributed by atoms with Crippen LogP contribution in [0.15, 0.2) is 60.3 Å². The third-order valence-electron chi connectivity index (χ3n) is 8.70. The molecule has 14 nitrogen and oxygen atoms in total. The summed E-state index contributed by atoms with van der Waals surface area (Å²) in [6.45, 7) is 14.7. The standard InChI is InChI=1S/C38H44N8O6.C3H8.C2H6/c1-23(2)34(45-38(50)52-5)36(48)46-18-6-7-31(46)35-40-21-30(44-35)27-14-11-25(12-15-27)9-10-26-13-16-28-29(19-26)43-32(42-28)17-8-24(3)20-39-33(47)22-41-37(49)51-4;1-3-2;1-2/h8,11-16,19,21,23,31,34H,6-7,17-18,20,22H2,1-5H3,(H,39,47)(H,40,44)(H,41,49)(H,42,43)(H,45,50);3H2,1-2H3;1-2H3/b24-8-;;. The van der Waals surface area contributed by atoms with Gasteiger partial charge in [0.25, 0.3) is 0 Å². The second kappa shape index (κ2) is 23.1. The van der Waals surface area contributed by atoms with E-state index in [0.717, 1.165) is 57.7 Å². The normalized spacial score (nSPS) is 13.9. The second-order valence-electron chi connectivity index (χ2n) is 13.6. The van der Waals surface area contributed by atoms with Crippen LogP contribution in [0.2, 0.25) is 0 Å². The molecule has 2 unspecified atom stereocenters. The van der Waals surface area contributed by atoms with E-state index in [0.29, 0.717) is 25.3 Å². The lowest BCUT2D eigenvalue weighted by atomic mass is 10.0. The maximum atomic E-state index is 13.5. The van der Waals surface area contributed by atoms with E-state index in [1.807, 2.05) is 83.2 Å². The molecule has 3 heterocycles. The van der Waals surface area contributed by atoms with Crippen LogP contribution >= 0.6 is 0 Å². The van der Waals surface area contributed by atoms with Crippen LogP contribution in [0.1, 0.15) is 96.5 Å². The van der Waals surface area contributed by atoms with Crippen LogP contribution in [-0.4, -0.2) is 88.7 Å². The Hall–Kier alpha value is -6.10. The number of rotatable bonds is 11. The van der Waals surface area contributed by atoms with Crippen LogP contribution in [0.25, 0.3) is 22.3 Å². The Kier molecular flexibility index (Phi) is 18.3. The van der Waals surface area contributed by atoms with Crippen LogP contribution in [-0.2, 0) is 25.5 Å². The minimum absolute atomic E-state index is 0.105. The highest BCUT2D eigenvalue weighted by molar-refractivity contribution is 5.86. The van der Waals surface area contributed by atoms with Crippen molar-refractivity contribution >= 4 is 35.0 Å². The van der Waals surface area contributed by atoms with Crippen molar-refractivity contribution in [3.63, 3.8) is 0 Å². The van der Waals surface area contributed by atoms with Gasteiger partial charge in [-0.1, -0.05) is 83.6 Å². The third kappa shape index (κ3) is 13.6. The lowest BCUT2D eigenvalue weighted by Gasteiger charge is -2.30. The Morgan fingerprint density at radius 2 is 1.61 bits per heavy atom. The molecule has 5 N–H and O–H groups in total. The summed E-state index contributed by atoms with van der Waals surface area (Å²) < 4.78 is 9.19. The Labute approximate surface area is 336 Å². The minimum Gasteiger partial charge on any atom is -0.453 e. The number of H-pyrrole nitrogens is 2. The molecule has 1 fully saturated rings. The number of fused-ring (bicyclic) bond motifs is 1. The molecular formula is C43H58N8O6. The number of nitrogens with one attached hydrogen (secondary N) is 5. The van der Waals surface area contributed by atoms with Gasteiger partial charge in [0.1, 0.15) is 24.2 Å². The number of hydrogen-bond acceptors (Lipinski definition) is 8. The molecule has 5 rings (SSSR count). The molecule has 1 saturated heterocycles. The number of carbonyl (C=O) groups is 4. The molecule has 306 valence electrons. The van der Waals surface area contributed by atoms with Gasteiger partial charge in [-0.3, -0.25) is 9.59 Å². The van der Waals surface area contributed by atoms with Crippen molar-refractivity contribution in [2.24, 2.45) is 5.92 Å². The molecule has 2 atom stereocenters. The van der Waals surface area contributed by atoms with Gasteiger partial charge >= 0.3 is 12.2 Å². The van der Waals surface area contributed by atoms with Gasteiger partial charge in [0, 0.05) is 30.6 Å². The smallest absolute Gasteiger partial charge is 0.407 e. The topological polar surface area (TPSA) is 183 Å². The molecule has 4 aromatic rings. The van der Waals surface area contributed by atoms with Gasteiger partial charge in [-0.25, -0.2) is 19.6 Å². The van der Waals surface area contributed by atoms with Gasteiger partial charge < -0.3 is 40.3 Å². The number of likely N-dealkylation sites (tertiary alicyclic amines) is 1. The monoisotopic (exact) mass is 782 g/mol. The number of benzene rings is 2. The van der Waals surface area contributed by atoms with Crippen LogP contribution in [0.3, 0.4) is 0 Å². The Morgan fingerprint density at radius 1 is 0.947 bits per heavy atom. The zero-order valence-corrected chi connectivity index (χ0v) is 34.7. The fourth-order valence-corrected chi connectivity index (χ4v) is 5.83. The Morgan fingerprint density at radius 3 is 2.28 bits per heavy atom. The fraction of sp³-hybridized carbons (Fsp3) is 0.442. The van der Waals surface area contributed by atoms with E-state index in [2.05, 4.69) is 66.3 Å². The number of hydrogen-bond donors (Lipinski definition) is 5. The first-order chi connectivity index (χ1) is 27.5. The molecule has 0 saturated carbocycles. The molecule has 0 radical (unpaired) electrons. The van der Waals surface area contributed by atoms with Crippen LogP contribution < -0.4 is 16.0 Å². The number of allylic oxidation sites excluding steroid dienone is 1. The molecule has 0 bridgehead atoms. The van der Waals surface area contributed by atoms with Gasteiger partial charge in [-0.2, -0.15) is 0 Å². The SMILES string of the molecule is CC.CCC.COC(=O)NCC(=O)NC/C(C)=C\Cc1nc2ccc(C#Cc3ccc(-c4cnc(C5CCCN5C(=O)C(NC(=O)OC)C(C)C)[nH]4)cc3)cc2[nH]1. The summed E-state index contributed by atoms with van der Waals surface area (Å²) in [5, 5.41) is 7.77. The molecule has 57 heavy (non-hydrogen) atoms. The number of nitrogens with zero attached hydrogens (tertiary/aromatic N) is 3. The first kappa shape index (κ1) is 45.3. The summed E-state index contributed by atoms with van der Waals surface area (Å²) in [6, 6.07) is 12.8. The van der Waals surface area contributed by atoms with Crippen molar-refractivity contribution in [3.05, 3.63) is 83.1 Å². The molecule has 14 heteroatoms. The molecule has 1 aliphatic rings. The largest absolute Gasteiger partial charge is 0.453 e. The zero-order valence-electron chi connectivity index (χ0n) is 34.7. The van der Waals surface area contributed by atoms with Crippen molar-refractivity contribution in [2.45, 2.75) is 86.2 Å². The summed E-state index contributed by atoms with van der Waals surface area (Å²) in [7, 11) is 2.52. The highest BCUT2D eigenvalue weighted by Crippen LogP contribution is 2.32. The average molecular weight is 783 g/mol. The quantitative estimate of drug-likeness (QED) is 0.0813. The lowest BCUT2D eigenvalue weighted by Crippen LogP contribution is -2.51. The van der Waals surface area contributed by atoms with E-state index in [4.69, 9.17) is 4.74 Å². The number of aromatic amines is 2. The number of alkyl carbamates (subject to hydrolysis) is 2. The van der Waals surface area contributed by atoms with Gasteiger partial charge in [0.15, 0.2) is 0 Å². The van der Waals surface area contributed by atoms with E-state index in [-0.39, 0.29) is 30.3 Å². The third-order valence-corrected chi connectivity index (χ3v) is 8.70. The first-order valence-corrected chi connectivity index (χ1v) is 19.5. The summed E-state index contributed by atoms with van der Waals surface area (Å²) in [6.07, 6.45) is 5.91. The molecule has 0 spiro atoms. The van der Waals surface area contributed by atoms with Crippen LogP contribution in [0.4, 0.5) is 9.59 Å². The minimum atomic E-state index is -0.688. The second-order valence-corrected chi connectivity index (χ2v) is 13.6. The molecule has 1 aliphatic heterocycles. The van der Waals surface area contributed by atoms with Crippen molar-refractivity contribution in [2.75, 3.05) is 33.9 Å². The van der Waals surface area contributed by atoms with E-state index < -0.39 is 18.2 Å². The number of aromatic nitrogens is 4. The number of ether oxygens (including phenoxy) is 2. The first-order valence-electron chi connectivity index (χ1n) is 19.5. The number of methoxy groups -OCH3 is 2. The van der Waals surface area contributed by atoms with E-state index in [1.54, 1.807) is 11.1 Å². The summed E-state index contributed by atoms with van der Waals surface area (Å²) >= 11 is 0. The van der Waals surface area contributed by atoms with Crippen molar-refractivity contribution < 1.29 is 28.7 Å². The highest BCUT2D eigenvalue weighted by Gasteiger charge is 2.37. The zero-order chi connectivity index (χ0) is 41.9. The van der Waals surface area contributed by atoms with Gasteiger partial charge in [-0.15, -0.1) is 0 Å². The number of carbonyl (C=O) groups excluding carboxylic acids is 4. The maximum Gasteiger partial charge on any atom is 0.407 e. The van der Waals surface area contributed by atoms with Crippen molar-refractivity contribution in [1.29, 1.82) is 0 Å². The molecule has 2 aromatic carbocycles. The van der Waals surface area contributed by atoms with Gasteiger partial charge in [0.05, 0.1) is 43.2 Å². The van der Waals surface area contributed by atoms with Crippen LogP contribution in [0, 0.1) is 17.8 Å². The van der Waals surface area contributed by atoms with Crippen molar-refractivity contribution in [3.8, 4) is 23.1 Å². The van der Waals surface area contributed by atoms with E-state index in [1.165, 1.54) is 20.6 Å². The lowest BCUT2D eigenvalue weighted by molar-refractivity contribution is -0.135. The van der Waals surface area contributed by atoms with Gasteiger partial charge in [-0.05, 0) is 61.6 Å². The van der Waals surface area contributed by atoms with E-state index >= 15 is 0 Å². The van der Waals surface area contributed by atoms with E-state index in [9.17, 15) is 19.2 Å². The summed E-state index contributed by atoms with van der Waals surface area (Å²) in [5.74, 6) is 7.40. The Balaban J connectivity index is 0.00000166.